The van der Waals surface area contributed by atoms with Crippen LogP contribution in [0, 0.1) is 0 Å². The van der Waals surface area contributed by atoms with E-state index in [0.717, 1.165) is 11.4 Å². The molecular weight excluding hydrogens is 224 g/mol. The highest BCUT2D eigenvalue weighted by Crippen LogP contribution is 2.06. The predicted molar refractivity (Wildman–Crippen MR) is 71.3 cm³/mol. The number of nitrogens with two attached hydrogens (primary N) is 2. The number of hydrogen-bond acceptors (Lipinski definition) is 4. The van der Waals surface area contributed by atoms with Gasteiger partial charge in [-0.25, -0.2) is 0 Å². The molecule has 0 amide bonds. The summed E-state index contributed by atoms with van der Waals surface area (Å²) in [5.41, 5.74) is 15.1. The Balaban J connectivity index is 2.06. The van der Waals surface area contributed by atoms with Crippen LogP contribution in [-0.2, 0) is 12.8 Å². The summed E-state index contributed by atoms with van der Waals surface area (Å²) in [4.78, 5) is 8.45. The topological polar surface area (TPSA) is 77.8 Å². The molecule has 2 aromatic rings. The lowest BCUT2D eigenvalue weighted by molar-refractivity contribution is 0.937. The van der Waals surface area contributed by atoms with E-state index in [2.05, 4.69) is 9.97 Å². The van der Waals surface area contributed by atoms with Gasteiger partial charge in [-0.2, -0.15) is 0 Å². The summed E-state index contributed by atoms with van der Waals surface area (Å²) >= 11 is 0. The highest BCUT2D eigenvalue weighted by atomic mass is 14.7. The fourth-order valence-electron chi connectivity index (χ4n) is 1.62. The normalized spacial score (nSPS) is 12.0. The van der Waals surface area contributed by atoms with Crippen LogP contribution in [0.4, 0.5) is 0 Å². The second kappa shape index (κ2) is 5.82. The average molecular weight is 240 g/mol. The van der Waals surface area contributed by atoms with Gasteiger partial charge in [-0.05, 0) is 24.3 Å². The summed E-state index contributed by atoms with van der Waals surface area (Å²) in [5.74, 6) is 0. The molecular formula is C14H16N4. The molecule has 0 spiro atoms. The van der Waals surface area contributed by atoms with Gasteiger partial charge < -0.3 is 11.5 Å². The molecule has 0 atom stereocenters. The minimum absolute atomic E-state index is 0.569. The fraction of sp³-hybridized carbons (Fsp3) is 0.143. The van der Waals surface area contributed by atoms with Crippen LogP contribution in [-0.4, -0.2) is 9.97 Å². The van der Waals surface area contributed by atoms with Crippen molar-refractivity contribution in [3.05, 3.63) is 71.6 Å². The highest BCUT2D eigenvalue weighted by molar-refractivity contribution is 5.21. The standard InChI is InChI=1S/C14H16N4/c15-13(9-11-5-1-3-7-17-11)14(16)10-12-6-2-4-8-18-12/h1-8H,9-10,15-16H2. The van der Waals surface area contributed by atoms with Crippen molar-refractivity contribution in [2.45, 2.75) is 12.8 Å². The van der Waals surface area contributed by atoms with Gasteiger partial charge in [0.1, 0.15) is 0 Å². The molecule has 4 heteroatoms. The summed E-state index contributed by atoms with van der Waals surface area (Å²) < 4.78 is 0. The van der Waals surface area contributed by atoms with E-state index in [4.69, 9.17) is 11.5 Å². The summed E-state index contributed by atoms with van der Waals surface area (Å²) in [6.07, 6.45) is 4.63. The molecule has 0 aromatic carbocycles. The first-order valence-electron chi connectivity index (χ1n) is 5.78. The van der Waals surface area contributed by atoms with E-state index in [-0.39, 0.29) is 0 Å². The van der Waals surface area contributed by atoms with Crippen molar-refractivity contribution >= 4 is 0 Å². The van der Waals surface area contributed by atoms with Gasteiger partial charge in [-0.15, -0.1) is 0 Å². The molecule has 0 radical (unpaired) electrons. The monoisotopic (exact) mass is 240 g/mol. The lowest BCUT2D eigenvalue weighted by Gasteiger charge is -2.07. The number of hydrogen-bond donors (Lipinski definition) is 2. The molecule has 0 saturated heterocycles. The summed E-state index contributed by atoms with van der Waals surface area (Å²) in [6.45, 7) is 0. The highest BCUT2D eigenvalue weighted by Gasteiger charge is 2.03. The number of pyridine rings is 2. The first-order valence-corrected chi connectivity index (χ1v) is 5.78. The van der Waals surface area contributed by atoms with Crippen LogP contribution in [0.25, 0.3) is 0 Å². The smallest absolute Gasteiger partial charge is 0.0462 e. The van der Waals surface area contributed by atoms with Crippen molar-refractivity contribution in [3.63, 3.8) is 0 Å². The molecule has 0 aliphatic carbocycles. The SMILES string of the molecule is NC(Cc1ccccn1)=C(N)Cc1ccccn1. The van der Waals surface area contributed by atoms with E-state index in [1.165, 1.54) is 0 Å². The number of aromatic nitrogens is 2. The molecule has 0 unspecified atom stereocenters. The molecule has 4 nitrogen and oxygen atoms in total. The van der Waals surface area contributed by atoms with Crippen LogP contribution in [0.5, 0.6) is 0 Å². The Morgan fingerprint density at radius 2 is 1.22 bits per heavy atom. The zero-order valence-electron chi connectivity index (χ0n) is 10.1. The fourth-order valence-corrected chi connectivity index (χ4v) is 1.62. The van der Waals surface area contributed by atoms with Crippen molar-refractivity contribution in [3.8, 4) is 0 Å². The maximum atomic E-state index is 5.98. The molecule has 2 heterocycles. The van der Waals surface area contributed by atoms with Crippen molar-refractivity contribution < 1.29 is 0 Å². The Morgan fingerprint density at radius 3 is 1.56 bits per heavy atom. The van der Waals surface area contributed by atoms with Gasteiger partial charge in [-0.1, -0.05) is 12.1 Å². The zero-order valence-corrected chi connectivity index (χ0v) is 10.1. The number of nitrogens with zero attached hydrogens (tertiary/aromatic N) is 2. The second-order valence-electron chi connectivity index (χ2n) is 4.05. The summed E-state index contributed by atoms with van der Waals surface area (Å²) in [5, 5.41) is 0. The molecule has 0 saturated carbocycles. The third-order valence-corrected chi connectivity index (χ3v) is 2.61. The van der Waals surface area contributed by atoms with Crippen molar-refractivity contribution in [1.82, 2.24) is 9.97 Å². The molecule has 0 aliphatic rings. The van der Waals surface area contributed by atoms with Crippen LogP contribution in [0.2, 0.25) is 0 Å². The largest absolute Gasteiger partial charge is 0.400 e. The molecule has 0 bridgehead atoms. The molecule has 2 aromatic heterocycles. The zero-order chi connectivity index (χ0) is 12.8. The molecule has 2 rings (SSSR count). The number of rotatable bonds is 4. The van der Waals surface area contributed by atoms with Crippen molar-refractivity contribution in [2.75, 3.05) is 0 Å². The minimum Gasteiger partial charge on any atom is -0.400 e. The first-order chi connectivity index (χ1) is 8.75. The molecule has 0 fully saturated rings. The van der Waals surface area contributed by atoms with Gasteiger partial charge in [0.05, 0.1) is 0 Å². The van der Waals surface area contributed by atoms with Gasteiger partial charge in [-0.3, -0.25) is 9.97 Å². The minimum atomic E-state index is 0.569. The third-order valence-electron chi connectivity index (χ3n) is 2.61. The van der Waals surface area contributed by atoms with Gasteiger partial charge in [0.2, 0.25) is 0 Å². The molecule has 0 aliphatic heterocycles. The maximum Gasteiger partial charge on any atom is 0.0462 e. The van der Waals surface area contributed by atoms with Crippen molar-refractivity contribution in [1.29, 1.82) is 0 Å². The Morgan fingerprint density at radius 1 is 0.778 bits per heavy atom. The van der Waals surface area contributed by atoms with E-state index < -0.39 is 0 Å². The van der Waals surface area contributed by atoms with Gasteiger partial charge >= 0.3 is 0 Å². The lowest BCUT2D eigenvalue weighted by Crippen LogP contribution is -2.15. The third kappa shape index (κ3) is 3.31. The number of allylic oxidation sites excluding steroid dienone is 2. The Labute approximate surface area is 106 Å². The van der Waals surface area contributed by atoms with E-state index in [9.17, 15) is 0 Å². The quantitative estimate of drug-likeness (QED) is 0.846. The Hall–Kier alpha value is -2.36. The molecule has 4 N–H and O–H groups in total. The van der Waals surface area contributed by atoms with Crippen LogP contribution >= 0.6 is 0 Å². The maximum absolute atomic E-state index is 5.98. The average Bonchev–Trinajstić information content (AvgIpc) is 2.41. The van der Waals surface area contributed by atoms with E-state index in [0.29, 0.717) is 24.2 Å². The second-order valence-corrected chi connectivity index (χ2v) is 4.05. The van der Waals surface area contributed by atoms with Gasteiger partial charge in [0, 0.05) is 48.0 Å². The van der Waals surface area contributed by atoms with Crippen LogP contribution < -0.4 is 11.5 Å². The van der Waals surface area contributed by atoms with Crippen LogP contribution in [0.15, 0.2) is 60.2 Å². The van der Waals surface area contributed by atoms with Crippen molar-refractivity contribution in [2.24, 2.45) is 11.5 Å². The summed E-state index contributed by atoms with van der Waals surface area (Å²) in [6, 6.07) is 11.5. The van der Waals surface area contributed by atoms with E-state index in [1.54, 1.807) is 12.4 Å². The Bertz CT molecular complexity index is 471. The van der Waals surface area contributed by atoms with E-state index >= 15 is 0 Å². The van der Waals surface area contributed by atoms with Crippen LogP contribution in [0.3, 0.4) is 0 Å². The predicted octanol–water partition coefficient (Wildman–Crippen LogP) is 1.39. The molecule has 18 heavy (non-hydrogen) atoms. The van der Waals surface area contributed by atoms with Gasteiger partial charge in [0.25, 0.3) is 0 Å². The van der Waals surface area contributed by atoms with E-state index in [1.807, 2.05) is 36.4 Å². The molecule has 92 valence electrons. The van der Waals surface area contributed by atoms with Gasteiger partial charge in [0.15, 0.2) is 0 Å². The van der Waals surface area contributed by atoms with Crippen LogP contribution in [0.1, 0.15) is 11.4 Å². The Kier molecular flexibility index (Phi) is 3.91. The summed E-state index contributed by atoms with van der Waals surface area (Å²) in [7, 11) is 0. The first kappa shape index (κ1) is 12.1. The lowest BCUT2D eigenvalue weighted by atomic mass is 10.1.